The summed E-state index contributed by atoms with van der Waals surface area (Å²) in [7, 11) is 0. The highest BCUT2D eigenvalue weighted by Gasteiger charge is 2.16. The van der Waals surface area contributed by atoms with Crippen molar-refractivity contribution < 1.29 is 34.4 Å². The molecule has 3 N–H and O–H groups in total. The Balaban J connectivity index is 3.84. The molecule has 0 heterocycles. The molecule has 0 aromatic heterocycles. The largest absolute Gasteiger partial charge is 0.462 e. The van der Waals surface area contributed by atoms with Crippen molar-refractivity contribution in [2.75, 3.05) is 13.2 Å². The van der Waals surface area contributed by atoms with E-state index in [0.717, 1.165) is 31.6 Å². The highest BCUT2D eigenvalue weighted by atomic mass is 16.6. The molecule has 0 aromatic carbocycles. The second-order valence-electron chi connectivity index (χ2n) is 13.5. The van der Waals surface area contributed by atoms with Crippen LogP contribution in [0.5, 0.6) is 0 Å². The molecule has 0 aromatic rings. The van der Waals surface area contributed by atoms with E-state index in [1.165, 1.54) is 64.2 Å². The first-order valence-electron chi connectivity index (χ1n) is 19.6. The highest BCUT2D eigenvalue weighted by molar-refractivity contribution is 5.70. The van der Waals surface area contributed by atoms with E-state index in [0.29, 0.717) is 32.1 Å². The van der Waals surface area contributed by atoms with Gasteiger partial charge in [-0.25, -0.2) is 0 Å². The van der Waals surface area contributed by atoms with Crippen molar-refractivity contribution in [3.63, 3.8) is 0 Å². The van der Waals surface area contributed by atoms with Crippen molar-refractivity contribution in [2.24, 2.45) is 5.92 Å². The minimum absolute atomic E-state index is 0.144. The van der Waals surface area contributed by atoms with E-state index in [-0.39, 0.29) is 25.6 Å². The molecule has 0 amide bonds. The van der Waals surface area contributed by atoms with Gasteiger partial charge in [-0.2, -0.15) is 0 Å². The Morgan fingerprint density at radius 1 is 0.620 bits per heavy atom. The van der Waals surface area contributed by atoms with Crippen molar-refractivity contribution >= 4 is 11.9 Å². The number of carbonyl (C=O) groups is 2. The fourth-order valence-electron chi connectivity index (χ4n) is 5.11. The number of rotatable bonds is 33. The van der Waals surface area contributed by atoms with E-state index in [2.05, 4.69) is 20.8 Å². The summed E-state index contributed by atoms with van der Waals surface area (Å²) in [6.07, 6.45) is 40.4. The molecule has 50 heavy (non-hydrogen) atoms. The van der Waals surface area contributed by atoms with Crippen molar-refractivity contribution in [2.45, 2.75) is 167 Å². The van der Waals surface area contributed by atoms with Crippen LogP contribution in [0.25, 0.3) is 0 Å². The lowest BCUT2D eigenvalue weighted by Gasteiger charge is -2.15. The van der Waals surface area contributed by atoms with Crippen LogP contribution in [-0.2, 0) is 19.1 Å². The van der Waals surface area contributed by atoms with Crippen LogP contribution in [0.2, 0.25) is 0 Å². The van der Waals surface area contributed by atoms with Gasteiger partial charge in [0.25, 0.3) is 0 Å². The summed E-state index contributed by atoms with van der Waals surface area (Å²) in [6.45, 7) is 6.12. The smallest absolute Gasteiger partial charge is 0.306 e. The summed E-state index contributed by atoms with van der Waals surface area (Å²) in [5.74, 6) is 0.0640. The molecule has 0 radical (unpaired) electrons. The van der Waals surface area contributed by atoms with Crippen LogP contribution >= 0.6 is 0 Å². The van der Waals surface area contributed by atoms with Gasteiger partial charge >= 0.3 is 11.9 Å². The predicted octanol–water partition coefficient (Wildman–Crippen LogP) is 9.97. The Labute approximate surface area is 305 Å². The topological polar surface area (TPSA) is 113 Å². The Morgan fingerprint density at radius 2 is 1.14 bits per heavy atom. The zero-order valence-corrected chi connectivity index (χ0v) is 31.8. The fourth-order valence-corrected chi connectivity index (χ4v) is 5.11. The molecule has 0 fully saturated rings. The summed E-state index contributed by atoms with van der Waals surface area (Å²) < 4.78 is 10.5. The highest BCUT2D eigenvalue weighted by Crippen LogP contribution is 2.15. The van der Waals surface area contributed by atoms with Gasteiger partial charge in [0.05, 0.1) is 18.8 Å². The molecule has 0 aliphatic carbocycles. The first-order valence-corrected chi connectivity index (χ1v) is 19.6. The van der Waals surface area contributed by atoms with Crippen LogP contribution in [0.3, 0.4) is 0 Å². The summed E-state index contributed by atoms with van der Waals surface area (Å²) in [5.41, 5.74) is 0. The number of aliphatic hydroxyl groups is 3. The molecule has 3 atom stereocenters. The first kappa shape index (κ1) is 47.3. The molecule has 7 heteroatoms. The van der Waals surface area contributed by atoms with E-state index in [4.69, 9.17) is 9.47 Å². The lowest BCUT2D eigenvalue weighted by atomic mass is 10.0. The van der Waals surface area contributed by atoms with Gasteiger partial charge in [0, 0.05) is 12.8 Å². The monoisotopic (exact) mass is 701 g/mol. The van der Waals surface area contributed by atoms with Crippen LogP contribution in [-0.4, -0.2) is 58.8 Å². The average Bonchev–Trinajstić information content (AvgIpc) is 3.09. The first-order chi connectivity index (χ1) is 24.3. The van der Waals surface area contributed by atoms with Gasteiger partial charge in [0.15, 0.2) is 6.10 Å². The lowest BCUT2D eigenvalue weighted by Crippen LogP contribution is -2.28. The second kappa shape index (κ2) is 36.1. The summed E-state index contributed by atoms with van der Waals surface area (Å²) in [5, 5.41) is 29.4. The number of hydrogen-bond donors (Lipinski definition) is 3. The summed E-state index contributed by atoms with van der Waals surface area (Å²) in [4.78, 5) is 24.2. The van der Waals surface area contributed by atoms with Gasteiger partial charge in [-0.3, -0.25) is 9.59 Å². The van der Waals surface area contributed by atoms with Gasteiger partial charge in [0.2, 0.25) is 0 Å². The molecule has 0 unspecified atom stereocenters. The minimum Gasteiger partial charge on any atom is -0.462 e. The van der Waals surface area contributed by atoms with Crippen LogP contribution < -0.4 is 0 Å². The number of allylic oxidation sites excluding steroid dienone is 8. The maximum Gasteiger partial charge on any atom is 0.306 e. The fraction of sp³-hybridized carbons (Fsp3) is 0.674. The molecule has 0 spiro atoms. The molecule has 0 saturated heterocycles. The van der Waals surface area contributed by atoms with Crippen molar-refractivity contribution in [1.82, 2.24) is 0 Å². The normalized spacial score (nSPS) is 14.4. The van der Waals surface area contributed by atoms with Crippen molar-refractivity contribution in [1.29, 1.82) is 0 Å². The van der Waals surface area contributed by atoms with E-state index in [9.17, 15) is 24.9 Å². The van der Waals surface area contributed by atoms with Crippen LogP contribution in [0.1, 0.15) is 149 Å². The standard InChI is InChI=1S/C43H72O7/c1-4-5-22-30-39(45)32-25-20-21-26-33-40(46)31-24-17-14-15-18-27-34-42(47)49-37-41(36-44)50-43(48)35-28-19-13-11-9-7-6-8-10-12-16-23-29-38(2)3/h5,15,17-18,20-22,24-26,32-33,38-41,44-46H,4,6-14,16,19,23,27-31,34-37H2,1-3H3/b18-15-,21-20-,22-5-,24-17-,32-25+,33-26+/t39-,40+,41+/m1/s1. The molecule has 286 valence electrons. The second-order valence-corrected chi connectivity index (χ2v) is 13.5. The lowest BCUT2D eigenvalue weighted by molar-refractivity contribution is -0.161. The van der Waals surface area contributed by atoms with Gasteiger partial charge in [-0.1, -0.05) is 171 Å². The molecule has 0 bridgehead atoms. The number of unbranched alkanes of at least 4 members (excludes halogenated alkanes) is 11. The Kier molecular flexibility index (Phi) is 34.1. The maximum absolute atomic E-state index is 12.2. The minimum atomic E-state index is -0.836. The third-order valence-electron chi connectivity index (χ3n) is 8.12. The zero-order valence-electron chi connectivity index (χ0n) is 31.8. The van der Waals surface area contributed by atoms with Crippen LogP contribution in [0.15, 0.2) is 72.9 Å². The number of aliphatic hydroxyl groups excluding tert-OH is 3. The predicted molar refractivity (Wildman–Crippen MR) is 208 cm³/mol. The van der Waals surface area contributed by atoms with E-state index in [1.807, 2.05) is 48.6 Å². The molecule has 0 aliphatic rings. The van der Waals surface area contributed by atoms with Gasteiger partial charge in [0.1, 0.15) is 6.61 Å². The number of ether oxygens (including phenoxy) is 2. The van der Waals surface area contributed by atoms with Gasteiger partial charge in [-0.15, -0.1) is 0 Å². The third-order valence-corrected chi connectivity index (χ3v) is 8.12. The molecule has 0 rings (SSSR count). The Morgan fingerprint density at radius 3 is 1.68 bits per heavy atom. The van der Waals surface area contributed by atoms with Gasteiger partial charge in [-0.05, 0) is 44.4 Å². The average molecular weight is 701 g/mol. The van der Waals surface area contributed by atoms with Gasteiger partial charge < -0.3 is 24.8 Å². The molecule has 0 aliphatic heterocycles. The van der Waals surface area contributed by atoms with E-state index < -0.39 is 24.3 Å². The molecule has 0 saturated carbocycles. The van der Waals surface area contributed by atoms with Crippen molar-refractivity contribution in [3.8, 4) is 0 Å². The van der Waals surface area contributed by atoms with Crippen molar-refractivity contribution in [3.05, 3.63) is 72.9 Å². The summed E-state index contributed by atoms with van der Waals surface area (Å²) >= 11 is 0. The Hall–Kier alpha value is -2.74. The van der Waals surface area contributed by atoms with Crippen LogP contribution in [0.4, 0.5) is 0 Å². The van der Waals surface area contributed by atoms with E-state index >= 15 is 0 Å². The summed E-state index contributed by atoms with van der Waals surface area (Å²) in [6, 6.07) is 0. The zero-order chi connectivity index (χ0) is 36.9. The van der Waals surface area contributed by atoms with E-state index in [1.54, 1.807) is 24.3 Å². The molecular formula is C43H72O7. The van der Waals surface area contributed by atoms with Crippen LogP contribution in [0, 0.1) is 5.92 Å². The molecular weight excluding hydrogens is 628 g/mol. The quantitative estimate of drug-likeness (QED) is 0.0270. The number of hydrogen-bond acceptors (Lipinski definition) is 7. The number of esters is 2. The molecule has 7 nitrogen and oxygen atoms in total. The Bertz CT molecular complexity index is 976. The maximum atomic E-state index is 12.2. The SMILES string of the molecule is CC/C=C\C[C@@H](O)/C=C/C=C\C=C\[C@@H](O)C/C=C\C/C=C\CCC(=O)OC[C@H](CO)OC(=O)CCCCCCCCCCCCCCC(C)C. The number of carbonyl (C=O) groups excluding carboxylic acids is 2. The third kappa shape index (κ3) is 35.1.